The molecule has 31 heavy (non-hydrogen) atoms. The maximum absolute atomic E-state index is 12.7. The molecule has 0 unspecified atom stereocenters. The topological polar surface area (TPSA) is 58.6 Å². The standard InChI is InChI=1S/C24H28N4O2S/c1-17-22(15-19-6-8-20(30-3)9-7-19)24(26-18(2)25-17)28-12-10-27(11-13-28)23(29)16-21-5-4-14-31-21/h4-9,14H,10-13,15-16H2,1-3H3. The molecule has 0 N–H and O–H groups in total. The van der Waals surface area contributed by atoms with Gasteiger partial charge in [-0.2, -0.15) is 0 Å². The highest BCUT2D eigenvalue weighted by molar-refractivity contribution is 7.10. The first-order valence-corrected chi connectivity index (χ1v) is 11.4. The number of nitrogens with zero attached hydrogens (tertiary/aromatic N) is 4. The van der Waals surface area contributed by atoms with Crippen molar-refractivity contribution in [2.75, 3.05) is 38.2 Å². The number of piperazine rings is 1. The molecule has 0 saturated carbocycles. The molecule has 3 aromatic rings. The molecule has 1 aromatic carbocycles. The summed E-state index contributed by atoms with van der Waals surface area (Å²) in [5.74, 6) is 2.83. The van der Waals surface area contributed by atoms with Crippen LogP contribution in [-0.4, -0.2) is 54.1 Å². The second-order valence-electron chi connectivity index (χ2n) is 7.81. The van der Waals surface area contributed by atoms with Gasteiger partial charge in [-0.3, -0.25) is 4.79 Å². The SMILES string of the molecule is COc1ccc(Cc2c(C)nc(C)nc2N2CCN(C(=O)Cc3cccs3)CC2)cc1. The zero-order valence-electron chi connectivity index (χ0n) is 18.3. The normalized spacial score (nSPS) is 14.0. The number of hydrogen-bond donors (Lipinski definition) is 0. The van der Waals surface area contributed by atoms with Gasteiger partial charge in [-0.15, -0.1) is 11.3 Å². The lowest BCUT2D eigenvalue weighted by Gasteiger charge is -2.36. The molecular formula is C24H28N4O2S. The van der Waals surface area contributed by atoms with Crippen molar-refractivity contribution in [3.05, 3.63) is 69.3 Å². The van der Waals surface area contributed by atoms with Crippen molar-refractivity contribution in [3.63, 3.8) is 0 Å². The summed E-state index contributed by atoms with van der Waals surface area (Å²) in [6, 6.07) is 12.2. The van der Waals surface area contributed by atoms with Gasteiger partial charge in [0.2, 0.25) is 5.91 Å². The van der Waals surface area contributed by atoms with Crippen LogP contribution < -0.4 is 9.64 Å². The fourth-order valence-electron chi connectivity index (χ4n) is 3.98. The molecule has 1 aliphatic rings. The highest BCUT2D eigenvalue weighted by Gasteiger charge is 2.25. The first kappa shape index (κ1) is 21.3. The van der Waals surface area contributed by atoms with E-state index in [1.165, 1.54) is 5.56 Å². The molecular weight excluding hydrogens is 408 g/mol. The summed E-state index contributed by atoms with van der Waals surface area (Å²) in [5, 5.41) is 2.02. The molecule has 6 nitrogen and oxygen atoms in total. The summed E-state index contributed by atoms with van der Waals surface area (Å²) in [6.45, 7) is 6.98. The number of methoxy groups -OCH3 is 1. The average Bonchev–Trinajstić information content (AvgIpc) is 3.29. The van der Waals surface area contributed by atoms with E-state index in [9.17, 15) is 4.79 Å². The number of rotatable bonds is 6. The van der Waals surface area contributed by atoms with Crippen molar-refractivity contribution in [1.82, 2.24) is 14.9 Å². The Labute approximate surface area is 187 Å². The lowest BCUT2D eigenvalue weighted by molar-refractivity contribution is -0.130. The van der Waals surface area contributed by atoms with Crippen LogP contribution in [0.3, 0.4) is 0 Å². The summed E-state index contributed by atoms with van der Waals surface area (Å²) >= 11 is 1.64. The van der Waals surface area contributed by atoms with E-state index >= 15 is 0 Å². The fraction of sp³-hybridized carbons (Fsp3) is 0.375. The van der Waals surface area contributed by atoms with Crippen LogP contribution in [0.4, 0.5) is 5.82 Å². The summed E-state index contributed by atoms with van der Waals surface area (Å²) < 4.78 is 5.28. The van der Waals surface area contributed by atoms with Gasteiger partial charge in [0, 0.05) is 48.7 Å². The Morgan fingerprint density at radius 3 is 2.45 bits per heavy atom. The zero-order chi connectivity index (χ0) is 21.8. The Kier molecular flexibility index (Phi) is 6.51. The number of aryl methyl sites for hydroxylation is 2. The van der Waals surface area contributed by atoms with Gasteiger partial charge in [0.05, 0.1) is 13.5 Å². The third kappa shape index (κ3) is 5.05. The highest BCUT2D eigenvalue weighted by atomic mass is 32.1. The molecule has 7 heteroatoms. The first-order valence-electron chi connectivity index (χ1n) is 10.6. The predicted octanol–water partition coefficient (Wildman–Crippen LogP) is 3.65. The molecule has 4 rings (SSSR count). The van der Waals surface area contributed by atoms with E-state index in [4.69, 9.17) is 9.72 Å². The third-order valence-electron chi connectivity index (χ3n) is 5.68. The molecule has 0 spiro atoms. The molecule has 2 aromatic heterocycles. The van der Waals surface area contributed by atoms with Gasteiger partial charge in [-0.25, -0.2) is 9.97 Å². The molecule has 0 atom stereocenters. The Balaban J connectivity index is 1.48. The van der Waals surface area contributed by atoms with Crippen LogP contribution in [-0.2, 0) is 17.6 Å². The first-order chi connectivity index (χ1) is 15.0. The number of carbonyl (C=O) groups excluding carboxylic acids is 1. The summed E-state index contributed by atoms with van der Waals surface area (Å²) in [5.41, 5.74) is 3.35. The molecule has 0 radical (unpaired) electrons. The van der Waals surface area contributed by atoms with Crippen LogP contribution in [0.5, 0.6) is 5.75 Å². The Morgan fingerprint density at radius 2 is 1.81 bits per heavy atom. The molecule has 3 heterocycles. The largest absolute Gasteiger partial charge is 0.497 e. The lowest BCUT2D eigenvalue weighted by Crippen LogP contribution is -2.49. The van der Waals surface area contributed by atoms with Crippen molar-refractivity contribution < 1.29 is 9.53 Å². The number of hydrogen-bond acceptors (Lipinski definition) is 6. The van der Waals surface area contributed by atoms with Gasteiger partial charge in [0.15, 0.2) is 0 Å². The minimum absolute atomic E-state index is 0.204. The zero-order valence-corrected chi connectivity index (χ0v) is 19.1. The number of thiophene rings is 1. The van der Waals surface area contributed by atoms with Crippen molar-refractivity contribution >= 4 is 23.1 Å². The number of amides is 1. The average molecular weight is 437 g/mol. The smallest absolute Gasteiger partial charge is 0.227 e. The highest BCUT2D eigenvalue weighted by Crippen LogP contribution is 2.26. The predicted molar refractivity (Wildman–Crippen MR) is 124 cm³/mol. The maximum atomic E-state index is 12.7. The Bertz CT molecular complexity index is 1030. The Morgan fingerprint density at radius 1 is 1.06 bits per heavy atom. The molecule has 1 aliphatic heterocycles. The summed E-state index contributed by atoms with van der Waals surface area (Å²) in [4.78, 5) is 27.5. The summed E-state index contributed by atoms with van der Waals surface area (Å²) in [6.07, 6.45) is 1.26. The van der Waals surface area contributed by atoms with Gasteiger partial charge in [-0.1, -0.05) is 18.2 Å². The van der Waals surface area contributed by atoms with E-state index in [0.717, 1.165) is 53.0 Å². The summed E-state index contributed by atoms with van der Waals surface area (Å²) in [7, 11) is 1.68. The number of benzene rings is 1. The van der Waals surface area contributed by atoms with Gasteiger partial charge < -0.3 is 14.5 Å². The molecule has 162 valence electrons. The van der Waals surface area contributed by atoms with Crippen LogP contribution in [0.25, 0.3) is 0 Å². The van der Waals surface area contributed by atoms with Crippen molar-refractivity contribution in [1.29, 1.82) is 0 Å². The van der Waals surface area contributed by atoms with Crippen LogP contribution in [0.15, 0.2) is 41.8 Å². The van der Waals surface area contributed by atoms with Crippen LogP contribution in [0, 0.1) is 13.8 Å². The monoisotopic (exact) mass is 436 g/mol. The van der Waals surface area contributed by atoms with Crippen molar-refractivity contribution in [2.45, 2.75) is 26.7 Å². The van der Waals surface area contributed by atoms with Crippen molar-refractivity contribution in [3.8, 4) is 5.75 Å². The van der Waals surface area contributed by atoms with E-state index in [1.807, 2.05) is 41.5 Å². The van der Waals surface area contributed by atoms with Crippen LogP contribution in [0.2, 0.25) is 0 Å². The number of ether oxygens (including phenoxy) is 1. The van der Waals surface area contributed by atoms with Crippen LogP contribution in [0.1, 0.15) is 27.5 Å². The van der Waals surface area contributed by atoms with Gasteiger partial charge >= 0.3 is 0 Å². The molecule has 1 fully saturated rings. The molecule has 0 bridgehead atoms. The fourth-order valence-corrected chi connectivity index (χ4v) is 4.67. The van der Waals surface area contributed by atoms with E-state index < -0.39 is 0 Å². The van der Waals surface area contributed by atoms with Gasteiger partial charge in [0.1, 0.15) is 17.4 Å². The molecule has 0 aliphatic carbocycles. The van der Waals surface area contributed by atoms with Gasteiger partial charge in [0.25, 0.3) is 0 Å². The molecule has 1 amide bonds. The van der Waals surface area contributed by atoms with Crippen molar-refractivity contribution in [2.24, 2.45) is 0 Å². The number of carbonyl (C=O) groups is 1. The van der Waals surface area contributed by atoms with E-state index in [0.29, 0.717) is 19.5 Å². The molecule has 1 saturated heterocycles. The quantitative estimate of drug-likeness (QED) is 0.590. The third-order valence-corrected chi connectivity index (χ3v) is 6.56. The maximum Gasteiger partial charge on any atom is 0.227 e. The van der Waals surface area contributed by atoms with Crippen LogP contribution >= 0.6 is 11.3 Å². The minimum atomic E-state index is 0.204. The second kappa shape index (κ2) is 9.47. The Hall–Kier alpha value is -2.93. The lowest BCUT2D eigenvalue weighted by atomic mass is 10.0. The second-order valence-corrected chi connectivity index (χ2v) is 8.84. The van der Waals surface area contributed by atoms with E-state index in [-0.39, 0.29) is 5.91 Å². The number of aromatic nitrogens is 2. The van der Waals surface area contributed by atoms with E-state index in [2.05, 4.69) is 28.9 Å². The van der Waals surface area contributed by atoms with Gasteiger partial charge in [-0.05, 0) is 43.0 Å². The number of anilines is 1. The minimum Gasteiger partial charge on any atom is -0.497 e. The van der Waals surface area contributed by atoms with E-state index in [1.54, 1.807) is 18.4 Å².